The van der Waals surface area contributed by atoms with Crippen LogP contribution in [-0.2, 0) is 9.59 Å². The van der Waals surface area contributed by atoms with E-state index in [-0.39, 0.29) is 18.4 Å². The third-order valence-corrected chi connectivity index (χ3v) is 7.71. The number of imide groups is 1. The van der Waals surface area contributed by atoms with Crippen molar-refractivity contribution in [2.45, 2.75) is 24.9 Å². The summed E-state index contributed by atoms with van der Waals surface area (Å²) < 4.78 is 20.9. The molecule has 0 saturated carbocycles. The zero-order valence-corrected chi connectivity index (χ0v) is 24.8. The summed E-state index contributed by atoms with van der Waals surface area (Å²) in [5.74, 6) is -0.615. The predicted molar refractivity (Wildman–Crippen MR) is 158 cm³/mol. The Morgan fingerprint density at radius 3 is 2.48 bits per heavy atom. The normalized spacial score (nSPS) is 16.2. The van der Waals surface area contributed by atoms with Crippen LogP contribution in [0.1, 0.15) is 41.9 Å². The highest BCUT2D eigenvalue weighted by Gasteiger charge is 2.46. The van der Waals surface area contributed by atoms with Crippen LogP contribution in [0.5, 0.6) is 5.75 Å². The number of amides is 4. The molecular weight excluding hydrogens is 605 g/mol. The van der Waals surface area contributed by atoms with Crippen LogP contribution in [-0.4, -0.2) is 58.3 Å². The summed E-state index contributed by atoms with van der Waals surface area (Å²) in [6.45, 7) is 1.80. The first kappa shape index (κ1) is 29.0. The van der Waals surface area contributed by atoms with Gasteiger partial charge in [0.15, 0.2) is 6.61 Å². The molecule has 4 amide bonds. The maximum atomic E-state index is 14.8. The summed E-state index contributed by atoms with van der Waals surface area (Å²) in [4.78, 5) is 49.4. The lowest BCUT2D eigenvalue weighted by Gasteiger charge is -2.29. The van der Waals surface area contributed by atoms with Gasteiger partial charge in [-0.1, -0.05) is 65.3 Å². The van der Waals surface area contributed by atoms with Crippen molar-refractivity contribution in [3.05, 3.63) is 106 Å². The van der Waals surface area contributed by atoms with Gasteiger partial charge in [0, 0.05) is 30.0 Å². The van der Waals surface area contributed by atoms with Crippen molar-refractivity contribution in [1.82, 2.24) is 25.1 Å². The molecule has 2 N–H and O–H groups in total. The molecule has 0 aliphatic carbocycles. The van der Waals surface area contributed by atoms with Crippen LogP contribution < -0.4 is 10.1 Å². The number of aromatic nitrogens is 2. The lowest BCUT2D eigenvalue weighted by Crippen LogP contribution is -2.38. The average molecular weight is 635 g/mol. The minimum atomic E-state index is -0.932. The first-order chi connectivity index (χ1) is 20.1. The summed E-state index contributed by atoms with van der Waals surface area (Å²) >= 11 is 3.27. The zero-order chi connectivity index (χ0) is 30.0. The molecule has 42 heavy (non-hydrogen) atoms. The summed E-state index contributed by atoms with van der Waals surface area (Å²) in [6, 6.07) is 18.6. The van der Waals surface area contributed by atoms with E-state index in [1.54, 1.807) is 50.5 Å². The third kappa shape index (κ3) is 5.91. The number of nitrogens with zero attached hydrogens (tertiary/aromatic N) is 3. The lowest BCUT2D eigenvalue weighted by molar-refractivity contribution is -0.131. The molecule has 1 saturated heterocycles. The molecule has 3 atom stereocenters. The van der Waals surface area contributed by atoms with Crippen LogP contribution in [0.25, 0.3) is 11.3 Å². The topological polar surface area (TPSA) is 108 Å². The largest absolute Gasteiger partial charge is 0.484 e. The van der Waals surface area contributed by atoms with Crippen LogP contribution in [0, 0.1) is 5.82 Å². The monoisotopic (exact) mass is 633 g/mol. The van der Waals surface area contributed by atoms with Crippen molar-refractivity contribution in [3.63, 3.8) is 0 Å². The quantitative estimate of drug-likeness (QED) is 0.234. The molecule has 0 spiro atoms. The van der Waals surface area contributed by atoms with Gasteiger partial charge in [-0.25, -0.2) is 14.2 Å². The fraction of sp³-hybridized carbons (Fsp3) is 0.226. The van der Waals surface area contributed by atoms with Crippen LogP contribution >= 0.6 is 15.9 Å². The van der Waals surface area contributed by atoms with E-state index >= 15 is 0 Å². The molecule has 4 aromatic rings. The van der Waals surface area contributed by atoms with Crippen molar-refractivity contribution < 1.29 is 23.5 Å². The number of likely N-dealkylation sites (N-methyl/N-ethyl adjacent to an activating group) is 1. The number of aromatic amines is 1. The molecule has 0 unspecified atom stereocenters. The minimum absolute atomic E-state index is 0.117. The van der Waals surface area contributed by atoms with Crippen molar-refractivity contribution in [2.75, 3.05) is 20.7 Å². The molecule has 9 nitrogen and oxygen atoms in total. The van der Waals surface area contributed by atoms with E-state index in [4.69, 9.17) is 4.74 Å². The number of hydrogen-bond donors (Lipinski definition) is 2. The number of halogens is 2. The van der Waals surface area contributed by atoms with Crippen LogP contribution in [0.15, 0.2) is 83.5 Å². The van der Waals surface area contributed by atoms with Gasteiger partial charge in [-0.3, -0.25) is 14.5 Å². The molecule has 1 aromatic heterocycles. The summed E-state index contributed by atoms with van der Waals surface area (Å²) in [5.41, 5.74) is 2.19. The van der Waals surface area contributed by atoms with Crippen LogP contribution in [0.2, 0.25) is 0 Å². The molecule has 0 radical (unpaired) electrons. The Morgan fingerprint density at radius 1 is 1.10 bits per heavy atom. The number of hydrogen-bond acceptors (Lipinski definition) is 5. The summed E-state index contributed by atoms with van der Waals surface area (Å²) in [5, 5.41) is 2.79. The second kappa shape index (κ2) is 12.2. The molecule has 216 valence electrons. The van der Waals surface area contributed by atoms with Crippen LogP contribution in [0.3, 0.4) is 0 Å². The number of urea groups is 1. The molecule has 1 aliphatic heterocycles. The van der Waals surface area contributed by atoms with E-state index < -0.39 is 29.8 Å². The second-order valence-corrected chi connectivity index (χ2v) is 11.1. The van der Waals surface area contributed by atoms with Crippen molar-refractivity contribution in [2.24, 2.45) is 0 Å². The number of benzene rings is 3. The van der Waals surface area contributed by atoms with Crippen LogP contribution in [0.4, 0.5) is 9.18 Å². The Morgan fingerprint density at radius 2 is 1.81 bits per heavy atom. The SMILES string of the molecule is C[C@@H](c1ccccc1)[C@@H](c1ncc(-c2ccc(Br)cc2F)[nH]1)N1C(=O)N[C@H](c2ccc(OCC(=O)N(C)C)cc2)C1=O. The molecule has 11 heteroatoms. The van der Waals surface area contributed by atoms with Gasteiger partial charge < -0.3 is 19.9 Å². The van der Waals surface area contributed by atoms with Gasteiger partial charge in [-0.05, 0) is 41.5 Å². The highest BCUT2D eigenvalue weighted by Crippen LogP contribution is 2.39. The van der Waals surface area contributed by atoms with Gasteiger partial charge in [-0.2, -0.15) is 0 Å². The number of imidazole rings is 1. The number of ether oxygens (including phenoxy) is 1. The second-order valence-electron chi connectivity index (χ2n) is 10.2. The number of carbonyl (C=O) groups is 3. The van der Waals surface area contributed by atoms with E-state index in [2.05, 4.69) is 31.2 Å². The number of nitrogens with one attached hydrogen (secondary N) is 2. The fourth-order valence-corrected chi connectivity index (χ4v) is 5.20. The van der Waals surface area contributed by atoms with Gasteiger partial charge in [0.2, 0.25) is 0 Å². The zero-order valence-electron chi connectivity index (χ0n) is 23.2. The van der Waals surface area contributed by atoms with Gasteiger partial charge in [-0.15, -0.1) is 0 Å². The molecule has 3 aromatic carbocycles. The molecule has 1 fully saturated rings. The van der Waals surface area contributed by atoms with E-state index in [0.717, 1.165) is 5.56 Å². The first-order valence-corrected chi connectivity index (χ1v) is 14.0. The van der Waals surface area contributed by atoms with Crippen molar-refractivity contribution in [3.8, 4) is 17.0 Å². The van der Waals surface area contributed by atoms with E-state index in [0.29, 0.717) is 32.9 Å². The molecule has 5 rings (SSSR count). The summed E-state index contributed by atoms with van der Waals surface area (Å²) in [7, 11) is 3.28. The Labute approximate surface area is 250 Å². The minimum Gasteiger partial charge on any atom is -0.484 e. The Hall–Kier alpha value is -4.51. The maximum Gasteiger partial charge on any atom is 0.325 e. The van der Waals surface area contributed by atoms with Gasteiger partial charge >= 0.3 is 6.03 Å². The van der Waals surface area contributed by atoms with Gasteiger partial charge in [0.25, 0.3) is 11.8 Å². The fourth-order valence-electron chi connectivity index (χ4n) is 4.87. The Balaban J connectivity index is 1.45. The highest BCUT2D eigenvalue weighted by molar-refractivity contribution is 9.10. The van der Waals surface area contributed by atoms with Crippen molar-refractivity contribution in [1.29, 1.82) is 0 Å². The molecule has 2 heterocycles. The Bertz CT molecular complexity index is 1610. The average Bonchev–Trinajstić information content (AvgIpc) is 3.57. The number of carbonyl (C=O) groups excluding carboxylic acids is 3. The highest BCUT2D eigenvalue weighted by atomic mass is 79.9. The Kier molecular flexibility index (Phi) is 8.39. The number of H-pyrrole nitrogens is 1. The number of rotatable bonds is 9. The van der Waals surface area contributed by atoms with E-state index in [9.17, 15) is 18.8 Å². The first-order valence-electron chi connectivity index (χ1n) is 13.3. The third-order valence-electron chi connectivity index (χ3n) is 7.22. The smallest absolute Gasteiger partial charge is 0.325 e. The van der Waals surface area contributed by atoms with Gasteiger partial charge in [0.1, 0.15) is 29.5 Å². The molecule has 1 aliphatic rings. The van der Waals surface area contributed by atoms with E-state index in [1.165, 1.54) is 22.1 Å². The van der Waals surface area contributed by atoms with E-state index in [1.807, 2.05) is 37.3 Å². The summed E-state index contributed by atoms with van der Waals surface area (Å²) in [6.07, 6.45) is 1.50. The molecule has 0 bridgehead atoms. The predicted octanol–water partition coefficient (Wildman–Crippen LogP) is 5.58. The van der Waals surface area contributed by atoms with Gasteiger partial charge in [0.05, 0.1) is 11.9 Å². The van der Waals surface area contributed by atoms with Crippen molar-refractivity contribution >= 4 is 33.8 Å². The standard InChI is InChI=1S/C31H29BrFN5O4/c1-18(19-7-5-4-6-8-19)28(29-34-16-25(35-29)23-14-11-21(32)15-24(23)33)38-30(40)27(36-31(38)41)20-9-12-22(13-10-20)42-17-26(39)37(2)3/h4-16,18,27-28H,17H2,1-3H3,(H,34,35)(H,36,41)/t18-,27+,28-/m0/s1. The maximum absolute atomic E-state index is 14.8. The molecular formula is C31H29BrFN5O4. The lowest BCUT2D eigenvalue weighted by atomic mass is 9.91.